The second-order valence-electron chi connectivity index (χ2n) is 8.00. The number of carboxylic acids is 1. The van der Waals surface area contributed by atoms with Crippen LogP contribution in [0.15, 0.2) is 18.2 Å². The van der Waals surface area contributed by atoms with Crippen molar-refractivity contribution in [3.05, 3.63) is 35.2 Å². The van der Waals surface area contributed by atoms with Gasteiger partial charge in [0, 0.05) is 31.5 Å². The number of nitrogens with zero attached hydrogens (tertiary/aromatic N) is 2. The van der Waals surface area contributed by atoms with Crippen LogP contribution in [0.25, 0.3) is 4.85 Å². The number of piperidine rings is 1. The third kappa shape index (κ3) is 3.04. The van der Waals surface area contributed by atoms with Gasteiger partial charge in [0.05, 0.1) is 13.2 Å². The second-order valence-corrected chi connectivity index (χ2v) is 8.00. The van der Waals surface area contributed by atoms with E-state index in [-0.39, 0.29) is 6.10 Å². The standard InChI is InChI=1S/C21H26N2O4/c1-22-20(10-12-23(13-11-20)21(8-9-21)19(24)25)15-6-7-17(26-2)18(14-15)27-16-4-3-5-16/h6-7,14,16H,3-5,8-13H2,2H3,(H,24,25). The van der Waals surface area contributed by atoms with Crippen LogP contribution in [-0.4, -0.2) is 47.8 Å². The highest BCUT2D eigenvalue weighted by Gasteiger charge is 2.57. The number of hydrogen-bond acceptors (Lipinski definition) is 4. The Morgan fingerprint density at radius 3 is 2.41 bits per heavy atom. The minimum absolute atomic E-state index is 0.241. The van der Waals surface area contributed by atoms with Crippen molar-refractivity contribution in [3.8, 4) is 11.5 Å². The van der Waals surface area contributed by atoms with E-state index in [1.54, 1.807) is 7.11 Å². The third-order valence-corrected chi connectivity index (χ3v) is 6.58. The quantitative estimate of drug-likeness (QED) is 0.777. The number of likely N-dealkylation sites (tertiary alicyclic amines) is 1. The summed E-state index contributed by atoms with van der Waals surface area (Å²) in [5.74, 6) is 0.693. The van der Waals surface area contributed by atoms with Gasteiger partial charge in [-0.2, -0.15) is 0 Å². The van der Waals surface area contributed by atoms with Crippen molar-refractivity contribution < 1.29 is 19.4 Å². The highest BCUT2D eigenvalue weighted by molar-refractivity contribution is 5.82. The topological polar surface area (TPSA) is 63.4 Å². The largest absolute Gasteiger partial charge is 0.493 e. The Hall–Kier alpha value is -2.26. The normalized spacial score (nSPS) is 23.7. The molecule has 0 aromatic heterocycles. The number of rotatable bonds is 6. The number of methoxy groups -OCH3 is 1. The Bertz CT molecular complexity index is 769. The molecule has 1 aromatic carbocycles. The minimum Gasteiger partial charge on any atom is -0.493 e. The number of hydrogen-bond donors (Lipinski definition) is 1. The maximum Gasteiger partial charge on any atom is 0.324 e. The van der Waals surface area contributed by atoms with Crippen LogP contribution in [0.1, 0.15) is 50.5 Å². The van der Waals surface area contributed by atoms with Gasteiger partial charge in [-0.25, -0.2) is 6.57 Å². The summed E-state index contributed by atoms with van der Waals surface area (Å²) in [6.45, 7) is 9.16. The van der Waals surface area contributed by atoms with Crippen LogP contribution in [0.2, 0.25) is 0 Å². The molecule has 0 spiro atoms. The Morgan fingerprint density at radius 2 is 1.93 bits per heavy atom. The molecule has 3 aliphatic rings. The lowest BCUT2D eigenvalue weighted by Gasteiger charge is -2.37. The van der Waals surface area contributed by atoms with Crippen molar-refractivity contribution in [2.24, 2.45) is 0 Å². The van der Waals surface area contributed by atoms with Crippen LogP contribution >= 0.6 is 0 Å². The maximum absolute atomic E-state index is 11.6. The van der Waals surface area contributed by atoms with Crippen LogP contribution < -0.4 is 9.47 Å². The Kier molecular flexibility index (Phi) is 4.51. The van der Waals surface area contributed by atoms with Crippen LogP contribution in [0.5, 0.6) is 11.5 Å². The zero-order valence-corrected chi connectivity index (χ0v) is 15.7. The monoisotopic (exact) mass is 370 g/mol. The van der Waals surface area contributed by atoms with E-state index in [1.165, 1.54) is 6.42 Å². The lowest BCUT2D eigenvalue weighted by molar-refractivity contribution is -0.146. The van der Waals surface area contributed by atoms with E-state index in [9.17, 15) is 9.90 Å². The first-order valence-electron chi connectivity index (χ1n) is 9.75. The van der Waals surface area contributed by atoms with E-state index in [0.717, 1.165) is 31.2 Å². The molecule has 1 N–H and O–H groups in total. The fourth-order valence-electron chi connectivity index (χ4n) is 4.28. The van der Waals surface area contributed by atoms with E-state index in [2.05, 4.69) is 9.74 Å². The Labute approximate surface area is 159 Å². The Balaban J connectivity index is 1.55. The molecule has 1 aromatic rings. The molecular weight excluding hydrogens is 344 g/mol. The fourth-order valence-corrected chi connectivity index (χ4v) is 4.28. The highest BCUT2D eigenvalue weighted by Crippen LogP contribution is 2.48. The number of benzene rings is 1. The van der Waals surface area contributed by atoms with Crippen molar-refractivity contribution in [1.82, 2.24) is 4.90 Å². The molecule has 2 aliphatic carbocycles. The summed E-state index contributed by atoms with van der Waals surface area (Å²) in [4.78, 5) is 17.7. The number of aliphatic carboxylic acids is 1. The predicted octanol–water partition coefficient (Wildman–Crippen LogP) is 3.45. The summed E-state index contributed by atoms with van der Waals surface area (Å²) in [5.41, 5.74) is -0.339. The number of carboxylic acid groups (broad SMARTS) is 1. The summed E-state index contributed by atoms with van der Waals surface area (Å²) >= 11 is 0. The average molecular weight is 370 g/mol. The lowest BCUT2D eigenvalue weighted by atomic mass is 9.81. The molecule has 0 atom stereocenters. The third-order valence-electron chi connectivity index (χ3n) is 6.58. The van der Waals surface area contributed by atoms with Gasteiger partial charge >= 0.3 is 5.97 Å². The molecule has 144 valence electrons. The van der Waals surface area contributed by atoms with Gasteiger partial charge < -0.3 is 19.4 Å². The molecule has 0 bridgehead atoms. The molecule has 2 saturated carbocycles. The summed E-state index contributed by atoms with van der Waals surface area (Å²) in [6.07, 6.45) is 6.28. The van der Waals surface area contributed by atoms with Crippen LogP contribution in [0, 0.1) is 6.57 Å². The van der Waals surface area contributed by atoms with Gasteiger partial charge in [0.15, 0.2) is 11.5 Å². The van der Waals surface area contributed by atoms with Crippen LogP contribution in [0.3, 0.4) is 0 Å². The first kappa shape index (κ1) is 18.1. The summed E-state index contributed by atoms with van der Waals surface area (Å²) in [7, 11) is 1.63. The van der Waals surface area contributed by atoms with Crippen LogP contribution in [0.4, 0.5) is 0 Å². The van der Waals surface area contributed by atoms with Gasteiger partial charge in [-0.05, 0) is 50.3 Å². The highest BCUT2D eigenvalue weighted by atomic mass is 16.5. The van der Waals surface area contributed by atoms with E-state index < -0.39 is 17.0 Å². The molecule has 27 heavy (non-hydrogen) atoms. The summed E-state index contributed by atoms with van der Waals surface area (Å²) in [6, 6.07) is 5.82. The minimum atomic E-state index is -0.724. The van der Waals surface area contributed by atoms with E-state index in [1.807, 2.05) is 18.2 Å². The van der Waals surface area contributed by atoms with Gasteiger partial charge in [-0.1, -0.05) is 0 Å². The summed E-state index contributed by atoms with van der Waals surface area (Å²) in [5, 5.41) is 9.53. The smallest absolute Gasteiger partial charge is 0.324 e. The van der Waals surface area contributed by atoms with Gasteiger partial charge in [0.25, 0.3) is 5.54 Å². The lowest BCUT2D eigenvalue weighted by Crippen LogP contribution is -2.50. The van der Waals surface area contributed by atoms with Crippen molar-refractivity contribution >= 4 is 5.97 Å². The zero-order chi connectivity index (χ0) is 19.1. The molecule has 0 amide bonds. The van der Waals surface area contributed by atoms with Crippen LogP contribution in [-0.2, 0) is 10.3 Å². The molecule has 4 rings (SSSR count). The van der Waals surface area contributed by atoms with E-state index in [4.69, 9.17) is 16.0 Å². The van der Waals surface area contributed by atoms with Gasteiger partial charge in [-0.3, -0.25) is 9.69 Å². The first-order chi connectivity index (χ1) is 13.0. The molecule has 0 unspecified atom stereocenters. The molecule has 6 nitrogen and oxygen atoms in total. The van der Waals surface area contributed by atoms with Crippen molar-refractivity contribution in [3.63, 3.8) is 0 Å². The number of carbonyl (C=O) groups is 1. The zero-order valence-electron chi connectivity index (χ0n) is 15.7. The molecule has 0 radical (unpaired) electrons. The molecule has 6 heteroatoms. The molecule has 1 saturated heterocycles. The molecule has 1 aliphatic heterocycles. The first-order valence-corrected chi connectivity index (χ1v) is 9.75. The maximum atomic E-state index is 11.6. The molecule has 1 heterocycles. The predicted molar refractivity (Wildman–Crippen MR) is 99.9 cm³/mol. The van der Waals surface area contributed by atoms with E-state index in [0.29, 0.717) is 37.4 Å². The Morgan fingerprint density at radius 1 is 1.22 bits per heavy atom. The van der Waals surface area contributed by atoms with Gasteiger partial charge in [0.1, 0.15) is 5.54 Å². The SMILES string of the molecule is [C-]#[N+]C1(c2ccc(OC)c(OC3CCC3)c2)CCN(C2(C(=O)O)CC2)CC1. The molecular formula is C21H26N2O4. The second kappa shape index (κ2) is 6.72. The van der Waals surface area contributed by atoms with E-state index >= 15 is 0 Å². The van der Waals surface area contributed by atoms with Crippen molar-refractivity contribution in [2.75, 3.05) is 20.2 Å². The van der Waals surface area contributed by atoms with Crippen molar-refractivity contribution in [2.45, 2.75) is 62.1 Å². The van der Waals surface area contributed by atoms with Gasteiger partial charge in [0.2, 0.25) is 0 Å². The fraction of sp³-hybridized carbons (Fsp3) is 0.619. The average Bonchev–Trinajstić information content (AvgIpc) is 3.47. The summed E-state index contributed by atoms with van der Waals surface area (Å²) < 4.78 is 11.5. The van der Waals surface area contributed by atoms with Gasteiger partial charge in [-0.15, -0.1) is 0 Å². The molecule has 3 fully saturated rings. The number of ether oxygens (including phenoxy) is 2. The van der Waals surface area contributed by atoms with Crippen molar-refractivity contribution in [1.29, 1.82) is 0 Å².